The molecule has 0 radical (unpaired) electrons. The molecule has 4 nitrogen and oxygen atoms in total. The van der Waals surface area contributed by atoms with Gasteiger partial charge < -0.3 is 14.0 Å². The summed E-state index contributed by atoms with van der Waals surface area (Å²) in [6, 6.07) is 23.8. The van der Waals surface area contributed by atoms with Crippen molar-refractivity contribution in [2.24, 2.45) is 0 Å². The minimum Gasteiger partial charge on any atom is -0.493 e. The zero-order chi connectivity index (χ0) is 20.1. The highest BCUT2D eigenvalue weighted by atomic mass is 35.5. The van der Waals surface area contributed by atoms with Crippen LogP contribution in [0.1, 0.15) is 5.82 Å². The molecule has 1 aromatic heterocycles. The Balaban J connectivity index is 1.51. The zero-order valence-electron chi connectivity index (χ0n) is 16.0. The number of methoxy groups -OCH3 is 1. The summed E-state index contributed by atoms with van der Waals surface area (Å²) in [7, 11) is 1.65. The standard InChI is InChI=1S/C23H21ClN2O2S/c1-27-21-8-4-5-9-22(21)28-15-14-26-20-7-3-2-6-19(20)25-23(26)16-29-18-12-10-17(24)11-13-18/h2-13H,14-16H2,1H3. The number of fused-ring (bicyclic) bond motifs is 1. The summed E-state index contributed by atoms with van der Waals surface area (Å²) in [6.07, 6.45) is 0. The third kappa shape index (κ3) is 4.69. The Morgan fingerprint density at radius 2 is 1.66 bits per heavy atom. The molecule has 3 aromatic carbocycles. The van der Waals surface area contributed by atoms with E-state index in [4.69, 9.17) is 26.1 Å². The van der Waals surface area contributed by atoms with Crippen LogP contribution in [0.3, 0.4) is 0 Å². The quantitative estimate of drug-likeness (QED) is 0.321. The molecule has 0 saturated carbocycles. The van der Waals surface area contributed by atoms with Crippen LogP contribution in [0, 0.1) is 0 Å². The molecule has 0 bridgehead atoms. The van der Waals surface area contributed by atoms with Crippen LogP contribution in [0.4, 0.5) is 0 Å². The molecule has 148 valence electrons. The number of halogens is 1. The van der Waals surface area contributed by atoms with Crippen LogP contribution >= 0.6 is 23.4 Å². The van der Waals surface area contributed by atoms with E-state index in [1.54, 1.807) is 18.9 Å². The molecule has 4 aromatic rings. The normalized spacial score (nSPS) is 11.0. The second-order valence-corrected chi connectivity index (χ2v) is 7.90. The summed E-state index contributed by atoms with van der Waals surface area (Å²) < 4.78 is 13.6. The van der Waals surface area contributed by atoms with Gasteiger partial charge in [-0.1, -0.05) is 35.9 Å². The molecule has 0 aliphatic heterocycles. The molecule has 0 aliphatic carbocycles. The number of rotatable bonds is 8. The summed E-state index contributed by atoms with van der Waals surface area (Å²) in [5, 5.41) is 0.745. The minimum absolute atomic E-state index is 0.527. The average Bonchev–Trinajstić information content (AvgIpc) is 3.11. The first-order valence-electron chi connectivity index (χ1n) is 9.33. The summed E-state index contributed by atoms with van der Waals surface area (Å²) >= 11 is 7.73. The van der Waals surface area contributed by atoms with Gasteiger partial charge in [0.1, 0.15) is 12.4 Å². The van der Waals surface area contributed by atoms with Crippen LogP contribution in [0.15, 0.2) is 77.7 Å². The van der Waals surface area contributed by atoms with Crippen molar-refractivity contribution in [3.05, 3.63) is 83.6 Å². The first-order chi connectivity index (χ1) is 14.2. The van der Waals surface area contributed by atoms with Crippen molar-refractivity contribution in [3.8, 4) is 11.5 Å². The van der Waals surface area contributed by atoms with Gasteiger partial charge in [0.15, 0.2) is 11.5 Å². The zero-order valence-corrected chi connectivity index (χ0v) is 17.6. The predicted molar refractivity (Wildman–Crippen MR) is 119 cm³/mol. The number of para-hydroxylation sites is 4. The van der Waals surface area contributed by atoms with E-state index in [0.717, 1.165) is 39.1 Å². The second kappa shape index (κ2) is 9.25. The van der Waals surface area contributed by atoms with Crippen molar-refractivity contribution in [1.29, 1.82) is 0 Å². The van der Waals surface area contributed by atoms with Crippen LogP contribution in [-0.2, 0) is 12.3 Å². The lowest BCUT2D eigenvalue weighted by molar-refractivity contribution is 0.280. The highest BCUT2D eigenvalue weighted by Gasteiger charge is 2.12. The van der Waals surface area contributed by atoms with Gasteiger partial charge in [-0.05, 0) is 48.5 Å². The Kier molecular flexibility index (Phi) is 6.27. The third-order valence-corrected chi connectivity index (χ3v) is 5.82. The van der Waals surface area contributed by atoms with Gasteiger partial charge in [0, 0.05) is 9.92 Å². The molecule has 29 heavy (non-hydrogen) atoms. The van der Waals surface area contributed by atoms with E-state index in [9.17, 15) is 0 Å². The van der Waals surface area contributed by atoms with Crippen molar-refractivity contribution in [2.45, 2.75) is 17.2 Å². The van der Waals surface area contributed by atoms with Crippen molar-refractivity contribution < 1.29 is 9.47 Å². The van der Waals surface area contributed by atoms with Gasteiger partial charge in [0.2, 0.25) is 0 Å². The molecule has 4 rings (SSSR count). The fourth-order valence-corrected chi connectivity index (χ4v) is 4.12. The number of benzene rings is 3. The number of ether oxygens (including phenoxy) is 2. The largest absolute Gasteiger partial charge is 0.493 e. The Morgan fingerprint density at radius 3 is 2.45 bits per heavy atom. The number of aromatic nitrogens is 2. The van der Waals surface area contributed by atoms with Gasteiger partial charge in [-0.2, -0.15) is 0 Å². The van der Waals surface area contributed by atoms with E-state index in [-0.39, 0.29) is 0 Å². The van der Waals surface area contributed by atoms with Gasteiger partial charge in [0.25, 0.3) is 0 Å². The van der Waals surface area contributed by atoms with Crippen molar-refractivity contribution in [3.63, 3.8) is 0 Å². The van der Waals surface area contributed by atoms with Gasteiger partial charge in [0.05, 0.1) is 30.4 Å². The number of nitrogens with zero attached hydrogens (tertiary/aromatic N) is 2. The molecule has 1 heterocycles. The number of hydrogen-bond acceptors (Lipinski definition) is 4. The molecule has 0 spiro atoms. The van der Waals surface area contributed by atoms with Crippen LogP contribution < -0.4 is 9.47 Å². The maximum atomic E-state index is 5.99. The average molecular weight is 425 g/mol. The van der Waals surface area contributed by atoms with E-state index in [0.29, 0.717) is 13.2 Å². The molecule has 6 heteroatoms. The number of thioether (sulfide) groups is 1. The maximum Gasteiger partial charge on any atom is 0.161 e. The van der Waals surface area contributed by atoms with Gasteiger partial charge in [-0.15, -0.1) is 11.8 Å². The van der Waals surface area contributed by atoms with E-state index in [2.05, 4.69) is 10.6 Å². The van der Waals surface area contributed by atoms with Crippen LogP contribution in [-0.4, -0.2) is 23.3 Å². The minimum atomic E-state index is 0.527. The highest BCUT2D eigenvalue weighted by Crippen LogP contribution is 2.28. The molecule has 0 fully saturated rings. The van der Waals surface area contributed by atoms with E-state index < -0.39 is 0 Å². The second-order valence-electron chi connectivity index (χ2n) is 6.41. The molecule has 0 amide bonds. The van der Waals surface area contributed by atoms with Crippen LogP contribution in [0.25, 0.3) is 11.0 Å². The Labute approximate surface area is 179 Å². The smallest absolute Gasteiger partial charge is 0.161 e. The molecular weight excluding hydrogens is 404 g/mol. The van der Waals surface area contributed by atoms with Gasteiger partial charge in [-0.3, -0.25) is 0 Å². The third-order valence-electron chi connectivity index (χ3n) is 4.56. The topological polar surface area (TPSA) is 36.3 Å². The van der Waals surface area contributed by atoms with Crippen LogP contribution in [0.5, 0.6) is 11.5 Å². The first kappa shape index (κ1) is 19.7. The lowest BCUT2D eigenvalue weighted by atomic mass is 10.3. The number of hydrogen-bond donors (Lipinski definition) is 0. The maximum absolute atomic E-state index is 5.99. The Bertz CT molecular complexity index is 1100. The lowest BCUT2D eigenvalue weighted by Crippen LogP contribution is -2.11. The van der Waals surface area contributed by atoms with Crippen molar-refractivity contribution >= 4 is 34.4 Å². The monoisotopic (exact) mass is 424 g/mol. The fourth-order valence-electron chi connectivity index (χ4n) is 3.15. The first-order valence-corrected chi connectivity index (χ1v) is 10.7. The van der Waals surface area contributed by atoms with Crippen LogP contribution in [0.2, 0.25) is 5.02 Å². The Hall–Kier alpha value is -2.63. The van der Waals surface area contributed by atoms with Crippen molar-refractivity contribution in [1.82, 2.24) is 9.55 Å². The lowest BCUT2D eigenvalue weighted by Gasteiger charge is -2.13. The molecule has 0 atom stereocenters. The van der Waals surface area contributed by atoms with E-state index in [1.165, 1.54) is 4.90 Å². The number of imidazole rings is 1. The molecule has 0 N–H and O–H groups in total. The Morgan fingerprint density at radius 1 is 0.931 bits per heavy atom. The summed E-state index contributed by atoms with van der Waals surface area (Å²) in [4.78, 5) is 6.01. The van der Waals surface area contributed by atoms with Gasteiger partial charge in [-0.25, -0.2) is 4.98 Å². The SMILES string of the molecule is COc1ccccc1OCCn1c(CSc2ccc(Cl)cc2)nc2ccccc21. The van der Waals surface area contributed by atoms with E-state index in [1.807, 2.05) is 66.7 Å². The molecule has 0 unspecified atom stereocenters. The highest BCUT2D eigenvalue weighted by molar-refractivity contribution is 7.98. The van der Waals surface area contributed by atoms with Gasteiger partial charge >= 0.3 is 0 Å². The molecule has 0 saturated heterocycles. The summed E-state index contributed by atoms with van der Waals surface area (Å²) in [5.41, 5.74) is 2.11. The van der Waals surface area contributed by atoms with E-state index >= 15 is 0 Å². The molecular formula is C23H21ClN2O2S. The predicted octanol–water partition coefficient (Wildman–Crippen LogP) is 6.07. The molecule has 0 aliphatic rings. The fraction of sp³-hybridized carbons (Fsp3) is 0.174. The van der Waals surface area contributed by atoms with Crippen molar-refractivity contribution in [2.75, 3.05) is 13.7 Å². The summed E-state index contributed by atoms with van der Waals surface area (Å²) in [6.45, 7) is 1.23. The summed E-state index contributed by atoms with van der Waals surface area (Å²) in [5.74, 6) is 3.28.